The Labute approximate surface area is 108 Å². The first-order valence-electron chi connectivity index (χ1n) is 5.33. The number of nitrogen functional groups attached to an aromatic ring is 1. The Kier molecular flexibility index (Phi) is 3.47. The average Bonchev–Trinajstić information content (AvgIpc) is 2.83. The predicted molar refractivity (Wildman–Crippen MR) is 72.0 cm³/mol. The zero-order valence-electron chi connectivity index (χ0n) is 9.80. The third-order valence-corrected chi connectivity index (χ3v) is 3.32. The van der Waals surface area contributed by atoms with Crippen molar-refractivity contribution in [3.63, 3.8) is 0 Å². The second-order valence-electron chi connectivity index (χ2n) is 3.84. The lowest BCUT2D eigenvalue weighted by atomic mass is 10.1. The van der Waals surface area contributed by atoms with Crippen molar-refractivity contribution in [3.05, 3.63) is 39.8 Å². The molecule has 1 aromatic carbocycles. The maximum atomic E-state index is 11.0. The lowest BCUT2D eigenvalue weighted by Crippen LogP contribution is -2.07. The number of aryl methyl sites for hydroxylation is 1. The Morgan fingerprint density at radius 3 is 2.94 bits per heavy atom. The number of nitrogens with zero attached hydrogens (tertiary/aromatic N) is 1. The molecule has 2 aromatic rings. The monoisotopic (exact) mass is 263 g/mol. The Bertz CT molecular complexity index is 567. The minimum atomic E-state index is -1.02. The summed E-state index contributed by atoms with van der Waals surface area (Å²) >= 11 is 1.55. The number of carbonyl (C=O) groups is 1. The number of anilines is 2. The molecule has 0 saturated carbocycles. The Morgan fingerprint density at radius 2 is 2.33 bits per heavy atom. The first kappa shape index (κ1) is 12.4. The third kappa shape index (κ3) is 2.60. The molecule has 5 nitrogen and oxygen atoms in total. The molecule has 0 unspecified atom stereocenters. The van der Waals surface area contributed by atoms with Gasteiger partial charge in [0.15, 0.2) is 0 Å². The summed E-state index contributed by atoms with van der Waals surface area (Å²) in [6, 6.07) is 3.37. The van der Waals surface area contributed by atoms with E-state index in [1.807, 2.05) is 11.4 Å². The molecular weight excluding hydrogens is 250 g/mol. The van der Waals surface area contributed by atoms with E-state index in [-0.39, 0.29) is 5.56 Å². The topological polar surface area (TPSA) is 88.2 Å². The van der Waals surface area contributed by atoms with E-state index in [2.05, 4.69) is 10.3 Å². The molecule has 0 aliphatic carbocycles. The fourth-order valence-corrected chi connectivity index (χ4v) is 2.15. The van der Waals surface area contributed by atoms with Crippen molar-refractivity contribution < 1.29 is 9.90 Å². The van der Waals surface area contributed by atoms with Gasteiger partial charge in [0.25, 0.3) is 0 Å². The minimum absolute atomic E-state index is 0.122. The molecule has 0 aliphatic heterocycles. The number of carboxylic acid groups (broad SMARTS) is 1. The van der Waals surface area contributed by atoms with Crippen LogP contribution in [0.5, 0.6) is 0 Å². The highest BCUT2D eigenvalue weighted by molar-refractivity contribution is 7.09. The highest BCUT2D eigenvalue weighted by Crippen LogP contribution is 2.23. The summed E-state index contributed by atoms with van der Waals surface area (Å²) in [6.45, 7) is 2.36. The number of aromatic nitrogens is 1. The van der Waals surface area contributed by atoms with Gasteiger partial charge in [-0.3, -0.25) is 0 Å². The van der Waals surface area contributed by atoms with Crippen LogP contribution in [0.1, 0.15) is 20.9 Å². The van der Waals surface area contributed by atoms with Gasteiger partial charge >= 0.3 is 5.97 Å². The Morgan fingerprint density at radius 1 is 1.56 bits per heavy atom. The molecule has 0 atom stereocenters. The maximum Gasteiger partial charge on any atom is 0.337 e. The summed E-state index contributed by atoms with van der Waals surface area (Å²) in [4.78, 5) is 15.2. The molecule has 2 rings (SSSR count). The number of rotatable bonds is 4. The first-order chi connectivity index (χ1) is 8.58. The lowest BCUT2D eigenvalue weighted by Gasteiger charge is -2.10. The van der Waals surface area contributed by atoms with Crippen LogP contribution in [-0.2, 0) is 6.54 Å². The number of nitrogens with two attached hydrogens (primary N) is 1. The SMILES string of the molecule is Cc1cc(NCc2nccs2)cc(C(=O)O)c1N. The van der Waals surface area contributed by atoms with Crippen molar-refractivity contribution >= 4 is 28.7 Å². The van der Waals surface area contributed by atoms with E-state index in [0.29, 0.717) is 12.2 Å². The van der Waals surface area contributed by atoms with Crippen molar-refractivity contribution in [2.45, 2.75) is 13.5 Å². The standard InChI is InChI=1S/C12H13N3O2S/c1-7-4-8(5-9(11(7)13)12(16)17)15-6-10-14-2-3-18-10/h2-5,15H,6,13H2,1H3,(H,16,17). The van der Waals surface area contributed by atoms with Crippen LogP contribution in [0.25, 0.3) is 0 Å². The van der Waals surface area contributed by atoms with Crippen molar-refractivity contribution in [1.82, 2.24) is 4.98 Å². The highest BCUT2D eigenvalue weighted by atomic mass is 32.1. The van der Waals surface area contributed by atoms with Gasteiger partial charge in [-0.15, -0.1) is 11.3 Å². The van der Waals surface area contributed by atoms with Crippen molar-refractivity contribution in [3.8, 4) is 0 Å². The number of hydrogen-bond acceptors (Lipinski definition) is 5. The van der Waals surface area contributed by atoms with Crippen LogP contribution in [0.15, 0.2) is 23.7 Å². The van der Waals surface area contributed by atoms with Gasteiger partial charge in [0.1, 0.15) is 5.01 Å². The van der Waals surface area contributed by atoms with E-state index < -0.39 is 5.97 Å². The highest BCUT2D eigenvalue weighted by Gasteiger charge is 2.11. The Hall–Kier alpha value is -2.08. The van der Waals surface area contributed by atoms with Gasteiger partial charge in [0.05, 0.1) is 12.1 Å². The molecule has 0 saturated heterocycles. The molecule has 0 radical (unpaired) electrons. The van der Waals surface area contributed by atoms with Gasteiger partial charge in [-0.2, -0.15) is 0 Å². The number of thiazole rings is 1. The summed E-state index contributed by atoms with van der Waals surface area (Å²) in [6.07, 6.45) is 1.73. The van der Waals surface area contributed by atoms with Gasteiger partial charge in [-0.05, 0) is 24.6 Å². The molecule has 0 spiro atoms. The van der Waals surface area contributed by atoms with Crippen LogP contribution in [-0.4, -0.2) is 16.1 Å². The lowest BCUT2D eigenvalue weighted by molar-refractivity contribution is 0.0698. The van der Waals surface area contributed by atoms with Gasteiger partial charge in [0.2, 0.25) is 0 Å². The fourth-order valence-electron chi connectivity index (χ4n) is 1.60. The van der Waals surface area contributed by atoms with Crippen molar-refractivity contribution in [2.24, 2.45) is 0 Å². The zero-order valence-corrected chi connectivity index (χ0v) is 10.6. The van der Waals surface area contributed by atoms with Gasteiger partial charge in [-0.25, -0.2) is 9.78 Å². The largest absolute Gasteiger partial charge is 0.478 e. The number of hydrogen-bond donors (Lipinski definition) is 3. The molecular formula is C12H13N3O2S. The van der Waals surface area contributed by atoms with Crippen LogP contribution in [0.3, 0.4) is 0 Å². The summed E-state index contributed by atoms with van der Waals surface area (Å²) in [5.41, 5.74) is 7.63. The minimum Gasteiger partial charge on any atom is -0.478 e. The van der Waals surface area contributed by atoms with E-state index >= 15 is 0 Å². The number of aromatic carboxylic acids is 1. The molecule has 1 aromatic heterocycles. The van der Waals surface area contributed by atoms with Crippen LogP contribution < -0.4 is 11.1 Å². The maximum absolute atomic E-state index is 11.0. The van der Waals surface area contributed by atoms with E-state index in [0.717, 1.165) is 16.3 Å². The van der Waals surface area contributed by atoms with Crippen molar-refractivity contribution in [2.75, 3.05) is 11.1 Å². The van der Waals surface area contributed by atoms with Crippen LogP contribution >= 0.6 is 11.3 Å². The molecule has 94 valence electrons. The number of benzene rings is 1. The van der Waals surface area contributed by atoms with Crippen molar-refractivity contribution in [1.29, 1.82) is 0 Å². The molecule has 0 bridgehead atoms. The van der Waals surface area contributed by atoms with E-state index in [1.54, 1.807) is 24.5 Å². The fraction of sp³-hybridized carbons (Fsp3) is 0.167. The molecule has 18 heavy (non-hydrogen) atoms. The molecule has 0 aliphatic rings. The summed E-state index contributed by atoms with van der Waals surface area (Å²) in [5.74, 6) is -1.02. The molecule has 0 amide bonds. The zero-order chi connectivity index (χ0) is 13.1. The van der Waals surface area contributed by atoms with E-state index in [1.165, 1.54) is 6.07 Å². The normalized spacial score (nSPS) is 10.3. The summed E-state index contributed by atoms with van der Waals surface area (Å²) in [5, 5.41) is 15.0. The van der Waals surface area contributed by atoms with Crippen LogP contribution in [0.4, 0.5) is 11.4 Å². The average molecular weight is 263 g/mol. The Balaban J connectivity index is 2.21. The molecule has 4 N–H and O–H groups in total. The van der Waals surface area contributed by atoms with Gasteiger partial charge in [0, 0.05) is 23.0 Å². The molecule has 1 heterocycles. The summed E-state index contributed by atoms with van der Waals surface area (Å²) in [7, 11) is 0. The van der Waals surface area contributed by atoms with E-state index in [9.17, 15) is 4.79 Å². The second-order valence-corrected chi connectivity index (χ2v) is 4.82. The van der Waals surface area contributed by atoms with Crippen LogP contribution in [0, 0.1) is 6.92 Å². The third-order valence-electron chi connectivity index (χ3n) is 2.54. The number of carboxylic acids is 1. The number of nitrogens with one attached hydrogen (secondary N) is 1. The molecule has 0 fully saturated rings. The van der Waals surface area contributed by atoms with Gasteiger partial charge < -0.3 is 16.2 Å². The first-order valence-corrected chi connectivity index (χ1v) is 6.21. The van der Waals surface area contributed by atoms with Crippen LogP contribution in [0.2, 0.25) is 0 Å². The smallest absolute Gasteiger partial charge is 0.337 e. The quantitative estimate of drug-likeness (QED) is 0.737. The van der Waals surface area contributed by atoms with Gasteiger partial charge in [-0.1, -0.05) is 0 Å². The predicted octanol–water partition coefficient (Wildman–Crippen LogP) is 2.34. The second kappa shape index (κ2) is 5.05. The summed E-state index contributed by atoms with van der Waals surface area (Å²) < 4.78 is 0. The molecule has 6 heteroatoms. The van der Waals surface area contributed by atoms with E-state index in [4.69, 9.17) is 10.8 Å².